The van der Waals surface area contributed by atoms with Crippen molar-refractivity contribution in [1.82, 2.24) is 9.88 Å². The zero-order valence-electron chi connectivity index (χ0n) is 18.2. The largest absolute Gasteiger partial charge is 0.465 e. The minimum Gasteiger partial charge on any atom is -0.465 e. The van der Waals surface area contributed by atoms with Gasteiger partial charge in [-0.05, 0) is 38.2 Å². The van der Waals surface area contributed by atoms with Crippen molar-refractivity contribution in [3.05, 3.63) is 46.3 Å². The molecule has 1 aliphatic heterocycles. The van der Waals surface area contributed by atoms with E-state index in [1.54, 1.807) is 19.2 Å². The zero-order valence-corrected chi connectivity index (χ0v) is 21.4. The first kappa shape index (κ1) is 25.7. The molecule has 0 spiro atoms. The van der Waals surface area contributed by atoms with Crippen LogP contribution in [0.3, 0.4) is 0 Å². The Labute approximate surface area is 214 Å². The van der Waals surface area contributed by atoms with Gasteiger partial charge in [0.25, 0.3) is 5.91 Å². The maximum Gasteiger partial charge on any atom is 0.341 e. The van der Waals surface area contributed by atoms with Crippen molar-refractivity contribution in [2.75, 3.05) is 30.4 Å². The van der Waals surface area contributed by atoms with Crippen LogP contribution in [0.4, 0.5) is 10.8 Å². The summed E-state index contributed by atoms with van der Waals surface area (Å²) in [5, 5.41) is 8.32. The van der Waals surface area contributed by atoms with Crippen molar-refractivity contribution >= 4 is 91.2 Å². The third-order valence-electron chi connectivity index (χ3n) is 4.16. The Kier molecular flexibility index (Phi) is 9.10. The molecule has 13 heteroatoms. The van der Waals surface area contributed by atoms with Gasteiger partial charge in [-0.1, -0.05) is 42.2 Å². The number of nitrogens with one attached hydrogen (secondary N) is 2. The Balaban J connectivity index is 1.85. The van der Waals surface area contributed by atoms with Gasteiger partial charge < -0.3 is 20.1 Å². The molecule has 2 aromatic rings. The lowest BCUT2D eigenvalue weighted by atomic mass is 10.2. The molecule has 0 unspecified atom stereocenters. The average Bonchev–Trinajstić information content (AvgIpc) is 3.35. The molecule has 178 valence electrons. The molecule has 1 amide bonds. The van der Waals surface area contributed by atoms with Gasteiger partial charge in [0.05, 0.1) is 23.8 Å². The van der Waals surface area contributed by atoms with E-state index in [9.17, 15) is 14.4 Å². The smallest absolute Gasteiger partial charge is 0.341 e. The first-order chi connectivity index (χ1) is 16.3. The molecule has 1 fully saturated rings. The predicted molar refractivity (Wildman–Crippen MR) is 140 cm³/mol. The molecule has 9 nitrogen and oxygen atoms in total. The zero-order chi connectivity index (χ0) is 24.7. The maximum absolute atomic E-state index is 13.0. The first-order valence-electron chi connectivity index (χ1n) is 10.0. The lowest BCUT2D eigenvalue weighted by Gasteiger charge is -2.13. The van der Waals surface area contributed by atoms with E-state index in [1.807, 2.05) is 30.3 Å². The van der Waals surface area contributed by atoms with E-state index in [0.29, 0.717) is 10.2 Å². The van der Waals surface area contributed by atoms with E-state index in [1.165, 1.54) is 11.3 Å². The number of carbonyl (C=O) groups excluding carboxylic acids is 3. The number of benzene rings is 1. The Morgan fingerprint density at radius 3 is 2.50 bits per heavy atom. The number of carbonyl (C=O) groups is 3. The average molecular weight is 537 g/mol. The van der Waals surface area contributed by atoms with Crippen LogP contribution in [0, 0.1) is 0 Å². The number of hydrogen-bond acceptors (Lipinski definition) is 10. The molecule has 2 heterocycles. The van der Waals surface area contributed by atoms with Crippen LogP contribution in [0.5, 0.6) is 0 Å². The van der Waals surface area contributed by atoms with E-state index in [0.717, 1.165) is 22.3 Å². The van der Waals surface area contributed by atoms with Crippen molar-refractivity contribution in [1.29, 1.82) is 0 Å². The number of amides is 1. The van der Waals surface area contributed by atoms with Crippen molar-refractivity contribution < 1.29 is 23.9 Å². The van der Waals surface area contributed by atoms with Crippen molar-refractivity contribution in [2.24, 2.45) is 0 Å². The molecule has 1 aromatic carbocycles. The van der Waals surface area contributed by atoms with E-state index in [4.69, 9.17) is 33.9 Å². The molecule has 0 bridgehead atoms. The highest BCUT2D eigenvalue weighted by Gasteiger charge is 2.39. The van der Waals surface area contributed by atoms with Crippen LogP contribution in [-0.4, -0.2) is 56.9 Å². The number of anilines is 2. The molecular formula is C21H20N4O5S4. The molecular weight excluding hydrogens is 517 g/mol. The molecule has 34 heavy (non-hydrogen) atoms. The fraction of sp³-hybridized carbons (Fsp3) is 0.238. The number of thiocarbonyl (C=S) groups is 2. The van der Waals surface area contributed by atoms with Gasteiger partial charge in [-0.2, -0.15) is 0 Å². The van der Waals surface area contributed by atoms with Crippen LogP contribution >= 0.6 is 47.5 Å². The third kappa shape index (κ3) is 6.38. The summed E-state index contributed by atoms with van der Waals surface area (Å²) in [5.41, 5.74) is 0.996. The minimum atomic E-state index is -0.721. The number of ether oxygens (including phenoxy) is 2. The van der Waals surface area contributed by atoms with E-state index < -0.39 is 17.8 Å². The lowest BCUT2D eigenvalue weighted by molar-refractivity contribution is -0.145. The van der Waals surface area contributed by atoms with Crippen LogP contribution in [0.25, 0.3) is 5.57 Å². The molecule has 0 radical (unpaired) electrons. The van der Waals surface area contributed by atoms with Gasteiger partial charge in [0, 0.05) is 11.1 Å². The number of nitrogens with zero attached hydrogens (tertiary/aromatic N) is 2. The SMILES string of the molecule is CCOC(=O)CN1C(=O)/C(=C(/C(=O)OCC)c2csc(NC(=S)Nc3ccccc3)n2)SC1=S. The molecule has 0 atom stereocenters. The monoisotopic (exact) mass is 536 g/mol. The van der Waals surface area contributed by atoms with Crippen LogP contribution in [0.1, 0.15) is 19.5 Å². The molecule has 1 saturated heterocycles. The van der Waals surface area contributed by atoms with Gasteiger partial charge >= 0.3 is 11.9 Å². The predicted octanol–water partition coefficient (Wildman–Crippen LogP) is 3.65. The lowest BCUT2D eigenvalue weighted by Crippen LogP contribution is -2.34. The summed E-state index contributed by atoms with van der Waals surface area (Å²) in [6, 6.07) is 9.35. The van der Waals surface area contributed by atoms with Gasteiger partial charge in [-0.15, -0.1) is 11.3 Å². The second-order valence-electron chi connectivity index (χ2n) is 6.47. The Morgan fingerprint density at radius 2 is 1.82 bits per heavy atom. The second kappa shape index (κ2) is 12.0. The van der Waals surface area contributed by atoms with Crippen molar-refractivity contribution in [3.63, 3.8) is 0 Å². The van der Waals surface area contributed by atoms with Gasteiger partial charge in [-0.3, -0.25) is 14.5 Å². The fourth-order valence-corrected chi connectivity index (χ4v) is 5.07. The normalized spacial score (nSPS) is 14.6. The maximum atomic E-state index is 13.0. The highest BCUT2D eigenvalue weighted by molar-refractivity contribution is 8.26. The Morgan fingerprint density at radius 1 is 1.12 bits per heavy atom. The summed E-state index contributed by atoms with van der Waals surface area (Å²) >= 11 is 12.7. The number of para-hydroxylation sites is 1. The van der Waals surface area contributed by atoms with Gasteiger partial charge in [-0.25, -0.2) is 9.78 Å². The molecule has 3 rings (SSSR count). The molecule has 2 N–H and O–H groups in total. The summed E-state index contributed by atoms with van der Waals surface area (Å²) in [5.74, 6) is -1.91. The second-order valence-corrected chi connectivity index (χ2v) is 9.38. The van der Waals surface area contributed by atoms with Crippen LogP contribution in [-0.2, 0) is 23.9 Å². The van der Waals surface area contributed by atoms with Crippen LogP contribution in [0.15, 0.2) is 40.6 Å². The molecule has 0 saturated carbocycles. The summed E-state index contributed by atoms with van der Waals surface area (Å²) < 4.78 is 10.2. The molecule has 1 aliphatic rings. The number of hydrogen-bond donors (Lipinski definition) is 2. The Bertz CT molecular complexity index is 1150. The minimum absolute atomic E-state index is 0.0307. The van der Waals surface area contributed by atoms with Crippen LogP contribution in [0.2, 0.25) is 0 Å². The van der Waals surface area contributed by atoms with Gasteiger partial charge in [0.1, 0.15) is 16.4 Å². The van der Waals surface area contributed by atoms with Gasteiger partial charge in [0.15, 0.2) is 10.2 Å². The van der Waals surface area contributed by atoms with Crippen molar-refractivity contribution in [2.45, 2.75) is 13.8 Å². The Hall–Kier alpha value is -2.87. The summed E-state index contributed by atoms with van der Waals surface area (Å²) in [6.45, 7) is 3.25. The van der Waals surface area contributed by atoms with Gasteiger partial charge in [0.2, 0.25) is 0 Å². The number of thioether (sulfide) groups is 1. The van der Waals surface area contributed by atoms with E-state index in [-0.39, 0.29) is 40.3 Å². The van der Waals surface area contributed by atoms with E-state index >= 15 is 0 Å². The summed E-state index contributed by atoms with van der Waals surface area (Å²) in [7, 11) is 0. The number of rotatable bonds is 8. The standard InChI is InChI=1S/C21H20N4O5S4/c1-3-29-14(26)10-25-17(27)16(34-21(25)32)15(18(28)30-4-2)13-11-33-20(23-13)24-19(31)22-12-8-6-5-7-9-12/h5-9,11H,3-4,10H2,1-2H3,(H2,22,23,24,31)/b16-15-. The number of aromatic nitrogens is 1. The molecule has 1 aromatic heterocycles. The summed E-state index contributed by atoms with van der Waals surface area (Å²) in [4.78, 5) is 43.3. The summed E-state index contributed by atoms with van der Waals surface area (Å²) in [6.07, 6.45) is 0. The first-order valence-corrected chi connectivity index (χ1v) is 12.5. The highest BCUT2D eigenvalue weighted by Crippen LogP contribution is 2.38. The third-order valence-corrected chi connectivity index (χ3v) is 6.57. The number of esters is 2. The topological polar surface area (TPSA) is 110 Å². The number of thiazole rings is 1. The fourth-order valence-electron chi connectivity index (χ4n) is 2.77. The van der Waals surface area contributed by atoms with Crippen molar-refractivity contribution in [3.8, 4) is 0 Å². The van der Waals surface area contributed by atoms with E-state index in [2.05, 4.69) is 15.6 Å². The molecule has 0 aliphatic carbocycles. The quantitative estimate of drug-likeness (QED) is 0.293. The van der Waals surface area contributed by atoms with Crippen LogP contribution < -0.4 is 10.6 Å². The highest BCUT2D eigenvalue weighted by atomic mass is 32.2.